The fourth-order valence-electron chi connectivity index (χ4n) is 1.67. The Morgan fingerprint density at radius 3 is 2.45 bits per heavy atom. The van der Waals surface area contributed by atoms with Crippen LogP contribution in [0.5, 0.6) is 0 Å². The Morgan fingerprint density at radius 1 is 1.20 bits per heavy atom. The van der Waals surface area contributed by atoms with Gasteiger partial charge in [0, 0.05) is 38.3 Å². The Balaban J connectivity index is 1.98. The molecular formula is C14H16N4O2. The van der Waals surface area contributed by atoms with Crippen molar-refractivity contribution in [3.63, 3.8) is 0 Å². The van der Waals surface area contributed by atoms with Crippen molar-refractivity contribution in [2.45, 2.75) is 13.5 Å². The van der Waals surface area contributed by atoms with Crippen LogP contribution >= 0.6 is 0 Å². The maximum absolute atomic E-state index is 12.0. The van der Waals surface area contributed by atoms with Gasteiger partial charge in [0.1, 0.15) is 0 Å². The third kappa shape index (κ3) is 3.68. The van der Waals surface area contributed by atoms with Crippen LogP contribution in [0.2, 0.25) is 0 Å². The second-order valence-corrected chi connectivity index (χ2v) is 4.44. The first-order valence-corrected chi connectivity index (χ1v) is 6.19. The zero-order valence-corrected chi connectivity index (χ0v) is 11.4. The van der Waals surface area contributed by atoms with Gasteiger partial charge in [-0.15, -0.1) is 0 Å². The fourth-order valence-corrected chi connectivity index (χ4v) is 1.67. The summed E-state index contributed by atoms with van der Waals surface area (Å²) in [6.45, 7) is 1.92. The molecular weight excluding hydrogens is 256 g/mol. The van der Waals surface area contributed by atoms with E-state index in [1.807, 2.05) is 12.1 Å². The molecule has 1 heterocycles. The number of aryl methyl sites for hydroxylation is 1. The summed E-state index contributed by atoms with van der Waals surface area (Å²) in [7, 11) is 1.78. The van der Waals surface area contributed by atoms with Gasteiger partial charge in [0.15, 0.2) is 5.82 Å². The molecule has 2 N–H and O–H groups in total. The SMILES string of the molecule is CC(=O)NCc1ccc(C(=O)Nc2ccn(C)n2)cc1. The van der Waals surface area contributed by atoms with E-state index < -0.39 is 0 Å². The first kappa shape index (κ1) is 13.8. The van der Waals surface area contributed by atoms with Gasteiger partial charge in [-0.1, -0.05) is 12.1 Å². The molecule has 104 valence electrons. The van der Waals surface area contributed by atoms with E-state index in [0.29, 0.717) is 17.9 Å². The Kier molecular flexibility index (Phi) is 4.14. The van der Waals surface area contributed by atoms with E-state index in [9.17, 15) is 9.59 Å². The van der Waals surface area contributed by atoms with Gasteiger partial charge in [-0.3, -0.25) is 14.3 Å². The lowest BCUT2D eigenvalue weighted by atomic mass is 10.1. The van der Waals surface area contributed by atoms with E-state index in [4.69, 9.17) is 0 Å². The summed E-state index contributed by atoms with van der Waals surface area (Å²) in [4.78, 5) is 22.8. The van der Waals surface area contributed by atoms with Crippen molar-refractivity contribution in [1.29, 1.82) is 0 Å². The minimum absolute atomic E-state index is 0.0815. The number of carbonyl (C=O) groups excluding carboxylic acids is 2. The van der Waals surface area contributed by atoms with Crippen LogP contribution in [0.15, 0.2) is 36.5 Å². The maximum atomic E-state index is 12.0. The molecule has 0 bridgehead atoms. The van der Waals surface area contributed by atoms with Crippen LogP contribution < -0.4 is 10.6 Å². The normalized spacial score (nSPS) is 10.1. The number of nitrogens with one attached hydrogen (secondary N) is 2. The number of carbonyl (C=O) groups is 2. The summed E-state index contributed by atoms with van der Waals surface area (Å²) in [5.41, 5.74) is 1.48. The summed E-state index contributed by atoms with van der Waals surface area (Å²) in [5, 5.41) is 9.49. The van der Waals surface area contributed by atoms with Gasteiger partial charge in [0.05, 0.1) is 0 Å². The molecule has 1 aromatic carbocycles. The van der Waals surface area contributed by atoms with Gasteiger partial charge in [0.25, 0.3) is 5.91 Å². The van der Waals surface area contributed by atoms with E-state index in [-0.39, 0.29) is 11.8 Å². The van der Waals surface area contributed by atoms with Gasteiger partial charge in [-0.05, 0) is 17.7 Å². The number of amides is 2. The second-order valence-electron chi connectivity index (χ2n) is 4.44. The maximum Gasteiger partial charge on any atom is 0.256 e. The first-order chi connectivity index (χ1) is 9.54. The smallest absolute Gasteiger partial charge is 0.256 e. The Morgan fingerprint density at radius 2 is 1.90 bits per heavy atom. The zero-order chi connectivity index (χ0) is 14.5. The molecule has 0 atom stereocenters. The van der Waals surface area contributed by atoms with Crippen molar-refractivity contribution in [2.24, 2.45) is 7.05 Å². The fraction of sp³-hybridized carbons (Fsp3) is 0.214. The molecule has 2 rings (SSSR count). The third-order valence-electron chi connectivity index (χ3n) is 2.71. The molecule has 0 saturated carbocycles. The van der Waals surface area contributed by atoms with Crippen molar-refractivity contribution in [3.05, 3.63) is 47.7 Å². The van der Waals surface area contributed by atoms with E-state index in [0.717, 1.165) is 5.56 Å². The number of benzene rings is 1. The van der Waals surface area contributed by atoms with E-state index >= 15 is 0 Å². The molecule has 0 spiro atoms. The van der Waals surface area contributed by atoms with Crippen LogP contribution in [0.3, 0.4) is 0 Å². The van der Waals surface area contributed by atoms with Gasteiger partial charge in [-0.25, -0.2) is 0 Å². The van der Waals surface area contributed by atoms with Crippen molar-refractivity contribution in [2.75, 3.05) is 5.32 Å². The van der Waals surface area contributed by atoms with E-state index in [1.165, 1.54) is 6.92 Å². The quantitative estimate of drug-likeness (QED) is 0.881. The first-order valence-electron chi connectivity index (χ1n) is 6.19. The molecule has 6 nitrogen and oxygen atoms in total. The molecule has 20 heavy (non-hydrogen) atoms. The lowest BCUT2D eigenvalue weighted by molar-refractivity contribution is -0.119. The highest BCUT2D eigenvalue weighted by atomic mass is 16.2. The Bertz CT molecular complexity index is 616. The molecule has 0 aliphatic rings. The lowest BCUT2D eigenvalue weighted by Gasteiger charge is -2.05. The predicted octanol–water partition coefficient (Wildman–Crippen LogP) is 1.31. The highest BCUT2D eigenvalue weighted by Gasteiger charge is 2.07. The number of aromatic nitrogens is 2. The molecule has 0 unspecified atom stereocenters. The molecule has 0 aliphatic carbocycles. The van der Waals surface area contributed by atoms with Crippen LogP contribution in [-0.4, -0.2) is 21.6 Å². The summed E-state index contributed by atoms with van der Waals surface area (Å²) >= 11 is 0. The van der Waals surface area contributed by atoms with E-state index in [1.54, 1.807) is 36.1 Å². The van der Waals surface area contributed by atoms with Gasteiger partial charge in [0.2, 0.25) is 5.91 Å². The van der Waals surface area contributed by atoms with Crippen molar-refractivity contribution < 1.29 is 9.59 Å². The molecule has 0 radical (unpaired) electrons. The summed E-state index contributed by atoms with van der Waals surface area (Å²) in [6, 6.07) is 8.78. The number of rotatable bonds is 4. The number of hydrogen-bond acceptors (Lipinski definition) is 3. The zero-order valence-electron chi connectivity index (χ0n) is 11.4. The molecule has 0 fully saturated rings. The standard InChI is InChI=1S/C14H16N4O2/c1-10(19)15-9-11-3-5-12(6-4-11)14(20)16-13-7-8-18(2)17-13/h3-8H,9H2,1-2H3,(H,15,19)(H,16,17,20). The molecule has 2 aromatic rings. The molecule has 6 heteroatoms. The second kappa shape index (κ2) is 6.01. The average Bonchev–Trinajstić information content (AvgIpc) is 2.82. The lowest BCUT2D eigenvalue weighted by Crippen LogP contribution is -2.19. The molecule has 0 aliphatic heterocycles. The largest absolute Gasteiger partial charge is 0.352 e. The van der Waals surface area contributed by atoms with Crippen molar-refractivity contribution in [1.82, 2.24) is 15.1 Å². The van der Waals surface area contributed by atoms with Crippen LogP contribution in [0.1, 0.15) is 22.8 Å². The monoisotopic (exact) mass is 272 g/mol. The summed E-state index contributed by atoms with van der Waals surface area (Å²) in [5.74, 6) is 0.219. The van der Waals surface area contributed by atoms with Crippen molar-refractivity contribution in [3.8, 4) is 0 Å². The highest BCUT2D eigenvalue weighted by Crippen LogP contribution is 2.08. The Hall–Kier alpha value is -2.63. The molecule has 2 amide bonds. The summed E-state index contributed by atoms with van der Waals surface area (Å²) in [6.07, 6.45) is 1.76. The van der Waals surface area contributed by atoms with Crippen LogP contribution in [0.4, 0.5) is 5.82 Å². The van der Waals surface area contributed by atoms with Gasteiger partial charge >= 0.3 is 0 Å². The van der Waals surface area contributed by atoms with Gasteiger partial charge < -0.3 is 10.6 Å². The average molecular weight is 272 g/mol. The minimum Gasteiger partial charge on any atom is -0.352 e. The molecule has 0 saturated heterocycles. The van der Waals surface area contributed by atoms with Gasteiger partial charge in [-0.2, -0.15) is 5.10 Å². The topological polar surface area (TPSA) is 76.0 Å². The van der Waals surface area contributed by atoms with Crippen molar-refractivity contribution >= 4 is 17.6 Å². The number of nitrogens with zero attached hydrogens (tertiary/aromatic N) is 2. The van der Waals surface area contributed by atoms with Crippen LogP contribution in [0, 0.1) is 0 Å². The van der Waals surface area contributed by atoms with E-state index in [2.05, 4.69) is 15.7 Å². The Labute approximate surface area is 116 Å². The minimum atomic E-state index is -0.213. The highest BCUT2D eigenvalue weighted by molar-refractivity contribution is 6.03. The van der Waals surface area contributed by atoms with Crippen LogP contribution in [-0.2, 0) is 18.4 Å². The predicted molar refractivity (Wildman–Crippen MR) is 75.1 cm³/mol. The summed E-state index contributed by atoms with van der Waals surface area (Å²) < 4.78 is 1.62. The molecule has 1 aromatic heterocycles. The number of anilines is 1. The number of hydrogen-bond donors (Lipinski definition) is 2. The third-order valence-corrected chi connectivity index (χ3v) is 2.71. The van der Waals surface area contributed by atoms with Crippen LogP contribution in [0.25, 0.3) is 0 Å².